The fraction of sp³-hybridized carbons (Fsp3) is 0.458. The Morgan fingerprint density at radius 2 is 2.03 bits per heavy atom. The van der Waals surface area contributed by atoms with Crippen molar-refractivity contribution in [2.24, 2.45) is 0 Å². The number of rotatable bonds is 6. The number of likely N-dealkylation sites (tertiary alicyclic amines) is 1. The number of hydrogen-bond acceptors (Lipinski definition) is 5. The summed E-state index contributed by atoms with van der Waals surface area (Å²) in [5.41, 5.74) is 1.62. The second-order valence-corrected chi connectivity index (χ2v) is 8.64. The zero-order valence-electron chi connectivity index (χ0n) is 18.4. The van der Waals surface area contributed by atoms with Crippen LogP contribution in [0.25, 0.3) is 0 Å². The number of aromatic nitrogens is 1. The Balaban J connectivity index is 1.60. The van der Waals surface area contributed by atoms with Gasteiger partial charge in [0.15, 0.2) is 5.82 Å². The molecule has 31 heavy (non-hydrogen) atoms. The number of anilines is 3. The third-order valence-corrected chi connectivity index (χ3v) is 6.12. The molecule has 164 valence electrons. The first-order valence-corrected chi connectivity index (χ1v) is 11.1. The third kappa shape index (κ3) is 4.78. The first-order chi connectivity index (χ1) is 15.0. The first kappa shape index (κ1) is 21.5. The molecular formula is C24H31N5O2. The zero-order chi connectivity index (χ0) is 21.8. The summed E-state index contributed by atoms with van der Waals surface area (Å²) in [5, 5.41) is 2.90. The van der Waals surface area contributed by atoms with Gasteiger partial charge in [-0.1, -0.05) is 18.6 Å². The topological polar surface area (TPSA) is 68.8 Å². The van der Waals surface area contributed by atoms with Crippen molar-refractivity contribution in [2.75, 3.05) is 43.9 Å². The highest BCUT2D eigenvalue weighted by atomic mass is 16.2. The van der Waals surface area contributed by atoms with Crippen molar-refractivity contribution in [1.82, 2.24) is 14.8 Å². The molecule has 4 rings (SSSR count). The van der Waals surface area contributed by atoms with Gasteiger partial charge < -0.3 is 10.2 Å². The molecule has 1 aromatic carbocycles. The van der Waals surface area contributed by atoms with E-state index in [0.717, 1.165) is 38.8 Å². The van der Waals surface area contributed by atoms with Crippen LogP contribution in [-0.2, 0) is 4.79 Å². The molecule has 0 saturated carbocycles. The van der Waals surface area contributed by atoms with Crippen LogP contribution in [0.15, 0.2) is 42.6 Å². The number of amides is 2. The molecule has 1 N–H and O–H groups in total. The smallest absolute Gasteiger partial charge is 0.257 e. The van der Waals surface area contributed by atoms with Crippen LogP contribution in [0.4, 0.5) is 17.2 Å². The Bertz CT molecular complexity index is 945. The number of pyridine rings is 1. The average molecular weight is 422 g/mol. The molecule has 1 saturated heterocycles. The lowest BCUT2D eigenvalue weighted by Gasteiger charge is -2.36. The van der Waals surface area contributed by atoms with Gasteiger partial charge in [0.05, 0.1) is 23.5 Å². The molecule has 7 nitrogen and oxygen atoms in total. The lowest BCUT2D eigenvalue weighted by atomic mass is 9.97. The highest BCUT2D eigenvalue weighted by molar-refractivity contribution is 6.17. The fourth-order valence-electron chi connectivity index (χ4n) is 4.57. The third-order valence-electron chi connectivity index (χ3n) is 6.12. The van der Waals surface area contributed by atoms with Gasteiger partial charge in [0, 0.05) is 12.2 Å². The van der Waals surface area contributed by atoms with Gasteiger partial charge in [-0.2, -0.15) is 0 Å². The second kappa shape index (κ2) is 9.58. The van der Waals surface area contributed by atoms with E-state index in [1.165, 1.54) is 6.42 Å². The summed E-state index contributed by atoms with van der Waals surface area (Å²) >= 11 is 0. The molecule has 1 atom stereocenters. The van der Waals surface area contributed by atoms with Gasteiger partial charge in [-0.3, -0.25) is 19.4 Å². The number of hydrogen-bond donors (Lipinski definition) is 1. The molecule has 0 aliphatic carbocycles. The van der Waals surface area contributed by atoms with E-state index in [1.54, 1.807) is 29.3 Å². The maximum Gasteiger partial charge on any atom is 0.257 e. The molecule has 3 heterocycles. The van der Waals surface area contributed by atoms with Crippen molar-refractivity contribution in [3.8, 4) is 0 Å². The first-order valence-electron chi connectivity index (χ1n) is 11.1. The van der Waals surface area contributed by atoms with Crippen molar-refractivity contribution in [1.29, 1.82) is 0 Å². The molecule has 2 aromatic rings. The number of benzene rings is 1. The average Bonchev–Trinajstić information content (AvgIpc) is 2.88. The maximum atomic E-state index is 13.7. The molecular weight excluding hydrogens is 390 g/mol. The van der Waals surface area contributed by atoms with Crippen molar-refractivity contribution < 1.29 is 9.59 Å². The summed E-state index contributed by atoms with van der Waals surface area (Å²) in [5.74, 6) is 0.204. The number of carbonyl (C=O) groups excluding carboxylic acids is 2. The van der Waals surface area contributed by atoms with Crippen molar-refractivity contribution in [2.45, 2.75) is 38.1 Å². The summed E-state index contributed by atoms with van der Waals surface area (Å²) in [6.07, 6.45) is 7.33. The Morgan fingerprint density at radius 1 is 1.19 bits per heavy atom. The Hall–Kier alpha value is -2.77. The summed E-state index contributed by atoms with van der Waals surface area (Å²) in [7, 11) is 4.19. The number of para-hydroxylation sites is 1. The number of carbonyl (C=O) groups is 2. The summed E-state index contributed by atoms with van der Waals surface area (Å²) in [4.78, 5) is 37.1. The van der Waals surface area contributed by atoms with Crippen LogP contribution in [0, 0.1) is 0 Å². The minimum Gasteiger partial charge on any atom is -0.319 e. The summed E-state index contributed by atoms with van der Waals surface area (Å²) in [6, 6.07) is 11.2. The van der Waals surface area contributed by atoms with E-state index in [1.807, 2.05) is 18.2 Å². The molecule has 0 spiro atoms. The molecule has 7 heteroatoms. The Morgan fingerprint density at radius 3 is 2.87 bits per heavy atom. The number of piperidine rings is 1. The highest BCUT2D eigenvalue weighted by Crippen LogP contribution is 2.36. The predicted octanol–water partition coefficient (Wildman–Crippen LogP) is 3.51. The monoisotopic (exact) mass is 421 g/mol. The van der Waals surface area contributed by atoms with Gasteiger partial charge in [-0.25, -0.2) is 4.98 Å². The van der Waals surface area contributed by atoms with Crippen LogP contribution >= 0.6 is 0 Å². The van der Waals surface area contributed by atoms with E-state index >= 15 is 0 Å². The van der Waals surface area contributed by atoms with Crippen molar-refractivity contribution >= 4 is 29.0 Å². The van der Waals surface area contributed by atoms with E-state index < -0.39 is 0 Å². The van der Waals surface area contributed by atoms with E-state index in [0.29, 0.717) is 35.3 Å². The minimum absolute atomic E-state index is 0.0524. The molecule has 0 bridgehead atoms. The SMILES string of the molecule is CN(C)CCCC1CCCCN1CC(=O)N1c2ccccc2C(=O)Nc2cccnc21. The molecule has 0 radical (unpaired) electrons. The van der Waals surface area contributed by atoms with Crippen LogP contribution < -0.4 is 10.2 Å². The van der Waals surface area contributed by atoms with Crippen molar-refractivity contribution in [3.63, 3.8) is 0 Å². The largest absolute Gasteiger partial charge is 0.319 e. The Labute approximate surface area is 184 Å². The van der Waals surface area contributed by atoms with Crippen LogP contribution in [0.3, 0.4) is 0 Å². The second-order valence-electron chi connectivity index (χ2n) is 8.64. The van der Waals surface area contributed by atoms with Crippen LogP contribution in [0.5, 0.6) is 0 Å². The summed E-state index contributed by atoms with van der Waals surface area (Å²) in [6.45, 7) is 2.31. The molecule has 1 unspecified atom stereocenters. The molecule has 1 aromatic heterocycles. The lowest BCUT2D eigenvalue weighted by molar-refractivity contribution is -0.120. The Kier molecular flexibility index (Phi) is 6.63. The van der Waals surface area contributed by atoms with Gasteiger partial charge in [0.1, 0.15) is 0 Å². The van der Waals surface area contributed by atoms with Crippen LogP contribution in [0.1, 0.15) is 42.5 Å². The van der Waals surface area contributed by atoms with E-state index in [2.05, 4.69) is 34.2 Å². The summed E-state index contributed by atoms with van der Waals surface area (Å²) < 4.78 is 0. The normalized spacial score (nSPS) is 18.9. The van der Waals surface area contributed by atoms with Crippen LogP contribution in [0.2, 0.25) is 0 Å². The van der Waals surface area contributed by atoms with Gasteiger partial charge in [0.2, 0.25) is 5.91 Å². The van der Waals surface area contributed by atoms with Crippen LogP contribution in [-0.4, -0.2) is 66.4 Å². The maximum absolute atomic E-state index is 13.7. The van der Waals surface area contributed by atoms with Gasteiger partial charge >= 0.3 is 0 Å². The number of fused-ring (bicyclic) bond motifs is 2. The van der Waals surface area contributed by atoms with Gasteiger partial charge in [-0.05, 0) is 77.1 Å². The molecule has 2 amide bonds. The fourth-order valence-corrected chi connectivity index (χ4v) is 4.57. The van der Waals surface area contributed by atoms with E-state index in [9.17, 15) is 9.59 Å². The van der Waals surface area contributed by atoms with Gasteiger partial charge in [-0.15, -0.1) is 0 Å². The molecule has 2 aliphatic rings. The van der Waals surface area contributed by atoms with E-state index in [-0.39, 0.29) is 11.8 Å². The van der Waals surface area contributed by atoms with Gasteiger partial charge in [0.25, 0.3) is 5.91 Å². The number of nitrogens with one attached hydrogen (secondary N) is 1. The molecule has 1 fully saturated rings. The van der Waals surface area contributed by atoms with Crippen molar-refractivity contribution in [3.05, 3.63) is 48.2 Å². The highest BCUT2D eigenvalue weighted by Gasteiger charge is 2.32. The standard InChI is InChI=1S/C24H31N5O2/c1-27(2)15-8-10-18-9-5-6-16-28(18)17-22(30)29-21-13-4-3-11-19(21)24(31)26-20-12-7-14-25-23(20)29/h3-4,7,11-14,18H,5-6,8-10,15-17H2,1-2H3,(H,26,31). The zero-order valence-corrected chi connectivity index (χ0v) is 18.4. The molecule has 2 aliphatic heterocycles. The predicted molar refractivity (Wildman–Crippen MR) is 123 cm³/mol. The quantitative estimate of drug-likeness (QED) is 0.773. The number of nitrogens with zero attached hydrogens (tertiary/aromatic N) is 4. The van der Waals surface area contributed by atoms with E-state index in [4.69, 9.17) is 0 Å². The lowest BCUT2D eigenvalue weighted by Crippen LogP contribution is -2.46. The minimum atomic E-state index is -0.223.